The maximum Gasteiger partial charge on any atom is 0.0233 e. The molecular weight excluding hydrogens is 208 g/mol. The van der Waals surface area contributed by atoms with Gasteiger partial charge in [0.1, 0.15) is 0 Å². The van der Waals surface area contributed by atoms with Crippen molar-refractivity contribution in [1.82, 2.24) is 9.80 Å². The third kappa shape index (κ3) is 4.14. The van der Waals surface area contributed by atoms with Gasteiger partial charge in [0.05, 0.1) is 0 Å². The summed E-state index contributed by atoms with van der Waals surface area (Å²) in [6.45, 7) is 4.90. The lowest BCUT2D eigenvalue weighted by molar-refractivity contribution is 0.300. The molecule has 0 bridgehead atoms. The van der Waals surface area contributed by atoms with Crippen LogP contribution >= 0.6 is 0 Å². The summed E-state index contributed by atoms with van der Waals surface area (Å²) < 4.78 is 0. The zero-order valence-corrected chi connectivity index (χ0v) is 11.1. The molecule has 1 saturated heterocycles. The molecule has 17 heavy (non-hydrogen) atoms. The van der Waals surface area contributed by atoms with E-state index in [1.807, 2.05) is 0 Å². The molecule has 1 aromatic rings. The van der Waals surface area contributed by atoms with Crippen molar-refractivity contribution in [2.45, 2.75) is 19.4 Å². The summed E-state index contributed by atoms with van der Waals surface area (Å²) in [5, 5.41) is 0. The minimum absolute atomic E-state index is 0.904. The van der Waals surface area contributed by atoms with E-state index in [1.165, 1.54) is 38.0 Å². The topological polar surface area (TPSA) is 6.48 Å². The van der Waals surface area contributed by atoms with E-state index in [1.54, 1.807) is 0 Å². The van der Waals surface area contributed by atoms with Crippen molar-refractivity contribution in [3.63, 3.8) is 0 Å². The predicted molar refractivity (Wildman–Crippen MR) is 73.0 cm³/mol. The Kier molecular flexibility index (Phi) is 4.57. The maximum absolute atomic E-state index is 2.59. The van der Waals surface area contributed by atoms with Crippen LogP contribution in [-0.2, 0) is 6.54 Å². The molecule has 1 fully saturated rings. The molecule has 0 aromatic heterocycles. The Morgan fingerprint density at radius 1 is 1.24 bits per heavy atom. The summed E-state index contributed by atoms with van der Waals surface area (Å²) in [6, 6.07) is 10.8. The maximum atomic E-state index is 2.59. The first-order valence-electron chi connectivity index (χ1n) is 6.65. The highest BCUT2D eigenvalue weighted by atomic mass is 15.1. The van der Waals surface area contributed by atoms with Gasteiger partial charge in [-0.15, -0.1) is 0 Å². The second-order valence-electron chi connectivity index (χ2n) is 5.47. The van der Waals surface area contributed by atoms with Gasteiger partial charge in [-0.05, 0) is 51.5 Å². The fourth-order valence-corrected chi connectivity index (χ4v) is 2.57. The largest absolute Gasteiger partial charge is 0.309 e. The highest BCUT2D eigenvalue weighted by Crippen LogP contribution is 2.21. The van der Waals surface area contributed by atoms with Crippen molar-refractivity contribution in [3.05, 3.63) is 35.9 Å². The van der Waals surface area contributed by atoms with Gasteiger partial charge in [0.15, 0.2) is 0 Å². The van der Waals surface area contributed by atoms with Crippen LogP contribution in [0.4, 0.5) is 0 Å². The predicted octanol–water partition coefficient (Wildman–Crippen LogP) is 2.46. The van der Waals surface area contributed by atoms with Crippen molar-refractivity contribution in [2.24, 2.45) is 5.92 Å². The molecular formula is C15H24N2. The summed E-state index contributed by atoms with van der Waals surface area (Å²) in [5.41, 5.74) is 1.45. The molecule has 2 nitrogen and oxygen atoms in total. The Balaban J connectivity index is 1.74. The summed E-state index contributed by atoms with van der Waals surface area (Å²) in [6.07, 6.45) is 2.72. The molecule has 0 amide bonds. The Hall–Kier alpha value is -0.860. The molecule has 1 atom stereocenters. The smallest absolute Gasteiger partial charge is 0.0233 e. The van der Waals surface area contributed by atoms with Gasteiger partial charge in [-0.1, -0.05) is 30.3 Å². The highest BCUT2D eigenvalue weighted by Gasteiger charge is 2.21. The molecule has 2 heteroatoms. The van der Waals surface area contributed by atoms with E-state index in [9.17, 15) is 0 Å². The summed E-state index contributed by atoms with van der Waals surface area (Å²) in [7, 11) is 4.33. The Morgan fingerprint density at radius 3 is 2.71 bits per heavy atom. The van der Waals surface area contributed by atoms with Crippen LogP contribution in [0, 0.1) is 5.92 Å². The number of hydrogen-bond acceptors (Lipinski definition) is 2. The molecule has 94 valence electrons. The number of benzene rings is 1. The summed E-state index contributed by atoms with van der Waals surface area (Å²) >= 11 is 0. The second kappa shape index (κ2) is 6.18. The van der Waals surface area contributed by atoms with Gasteiger partial charge in [-0.25, -0.2) is 0 Å². The normalized spacial score (nSPS) is 21.2. The second-order valence-corrected chi connectivity index (χ2v) is 5.47. The lowest BCUT2D eigenvalue weighted by atomic mass is 10.1. The average molecular weight is 232 g/mol. The molecule has 0 radical (unpaired) electrons. The van der Waals surface area contributed by atoms with E-state index in [0.29, 0.717) is 0 Å². The molecule has 1 aliphatic rings. The van der Waals surface area contributed by atoms with Crippen LogP contribution < -0.4 is 0 Å². The van der Waals surface area contributed by atoms with E-state index < -0.39 is 0 Å². The van der Waals surface area contributed by atoms with Crippen LogP contribution in [0.25, 0.3) is 0 Å². The third-order valence-electron chi connectivity index (χ3n) is 3.60. The van der Waals surface area contributed by atoms with Crippen molar-refractivity contribution < 1.29 is 0 Å². The minimum Gasteiger partial charge on any atom is -0.309 e. The van der Waals surface area contributed by atoms with E-state index in [4.69, 9.17) is 0 Å². The number of rotatable bonds is 5. The first-order chi connectivity index (χ1) is 8.24. The summed E-state index contributed by atoms with van der Waals surface area (Å²) in [5.74, 6) is 0.904. The fourth-order valence-electron chi connectivity index (χ4n) is 2.57. The lowest BCUT2D eigenvalue weighted by Gasteiger charge is -2.17. The molecule has 0 aliphatic carbocycles. The minimum atomic E-state index is 0.904. The van der Waals surface area contributed by atoms with Crippen LogP contribution in [-0.4, -0.2) is 43.5 Å². The Labute approximate surface area is 105 Å². The van der Waals surface area contributed by atoms with Gasteiger partial charge in [-0.2, -0.15) is 0 Å². The Morgan fingerprint density at radius 2 is 2.00 bits per heavy atom. The first kappa shape index (κ1) is 12.6. The van der Waals surface area contributed by atoms with Gasteiger partial charge in [0.25, 0.3) is 0 Å². The number of hydrogen-bond donors (Lipinski definition) is 0. The Bertz CT molecular complexity index is 321. The molecule has 1 aliphatic heterocycles. The molecule has 1 heterocycles. The number of likely N-dealkylation sites (tertiary alicyclic amines) is 1. The van der Waals surface area contributed by atoms with Crippen LogP contribution in [0.5, 0.6) is 0 Å². The number of nitrogens with zero attached hydrogens (tertiary/aromatic N) is 2. The van der Waals surface area contributed by atoms with E-state index in [0.717, 1.165) is 12.5 Å². The van der Waals surface area contributed by atoms with Crippen LogP contribution in [0.3, 0.4) is 0 Å². The zero-order chi connectivity index (χ0) is 12.1. The van der Waals surface area contributed by atoms with Crippen molar-refractivity contribution >= 4 is 0 Å². The van der Waals surface area contributed by atoms with Gasteiger partial charge in [-0.3, -0.25) is 4.90 Å². The highest BCUT2D eigenvalue weighted by molar-refractivity contribution is 5.14. The van der Waals surface area contributed by atoms with Crippen LogP contribution in [0.15, 0.2) is 30.3 Å². The van der Waals surface area contributed by atoms with Gasteiger partial charge in [0, 0.05) is 13.1 Å². The monoisotopic (exact) mass is 232 g/mol. The van der Waals surface area contributed by atoms with E-state index >= 15 is 0 Å². The molecule has 0 unspecified atom stereocenters. The fraction of sp³-hybridized carbons (Fsp3) is 0.600. The summed E-state index contributed by atoms with van der Waals surface area (Å²) in [4.78, 5) is 4.88. The molecule has 0 saturated carbocycles. The SMILES string of the molecule is CN(C)CC[C@H]1CCN(Cc2ccccc2)C1. The zero-order valence-electron chi connectivity index (χ0n) is 11.1. The van der Waals surface area contributed by atoms with E-state index in [2.05, 4.69) is 54.2 Å². The van der Waals surface area contributed by atoms with Gasteiger partial charge >= 0.3 is 0 Å². The van der Waals surface area contributed by atoms with E-state index in [-0.39, 0.29) is 0 Å². The quantitative estimate of drug-likeness (QED) is 0.769. The average Bonchev–Trinajstić information content (AvgIpc) is 2.75. The molecule has 2 rings (SSSR count). The van der Waals surface area contributed by atoms with Crippen LogP contribution in [0.2, 0.25) is 0 Å². The van der Waals surface area contributed by atoms with Crippen molar-refractivity contribution in [1.29, 1.82) is 0 Å². The third-order valence-corrected chi connectivity index (χ3v) is 3.60. The van der Waals surface area contributed by atoms with Gasteiger partial charge in [0.2, 0.25) is 0 Å². The van der Waals surface area contributed by atoms with Crippen molar-refractivity contribution in [2.75, 3.05) is 33.7 Å². The standard InChI is InChI=1S/C15H24N2/c1-16(2)10-8-15-9-11-17(13-15)12-14-6-4-3-5-7-14/h3-7,15H,8-13H2,1-2H3/t15-/m0/s1. The van der Waals surface area contributed by atoms with Gasteiger partial charge < -0.3 is 4.90 Å². The van der Waals surface area contributed by atoms with Crippen molar-refractivity contribution in [3.8, 4) is 0 Å². The first-order valence-corrected chi connectivity index (χ1v) is 6.65. The molecule has 0 spiro atoms. The molecule has 1 aromatic carbocycles. The molecule has 0 N–H and O–H groups in total. The lowest BCUT2D eigenvalue weighted by Crippen LogP contribution is -2.22. The van der Waals surface area contributed by atoms with Crippen LogP contribution in [0.1, 0.15) is 18.4 Å².